The Labute approximate surface area is 219 Å². The fourth-order valence-electron chi connectivity index (χ4n) is 3.98. The third-order valence-electron chi connectivity index (χ3n) is 6.30. The first-order valence-corrected chi connectivity index (χ1v) is 13.0. The number of aliphatic imine (C=N–C) groups is 1. The molecule has 0 aliphatic carbocycles. The van der Waals surface area contributed by atoms with Crippen molar-refractivity contribution < 1.29 is 29.7 Å². The Balaban J connectivity index is 3.05. The van der Waals surface area contributed by atoms with Crippen molar-refractivity contribution in [1.29, 1.82) is 5.41 Å². The van der Waals surface area contributed by atoms with E-state index in [-0.39, 0.29) is 43.6 Å². The van der Waals surface area contributed by atoms with Crippen LogP contribution in [0.15, 0.2) is 4.99 Å². The fourth-order valence-corrected chi connectivity index (χ4v) is 3.98. The first-order chi connectivity index (χ1) is 17.4. The molecule has 1 heterocycles. The van der Waals surface area contributed by atoms with Gasteiger partial charge in [-0.3, -0.25) is 39.9 Å². The molecule has 3 unspecified atom stereocenters. The molecule has 0 saturated carbocycles. The predicted molar refractivity (Wildman–Crippen MR) is 142 cm³/mol. The molecule has 0 aromatic heterocycles. The molecule has 1 aliphatic rings. The van der Waals surface area contributed by atoms with Crippen LogP contribution in [0.2, 0.25) is 0 Å². The van der Waals surface area contributed by atoms with Crippen LogP contribution in [0.5, 0.6) is 0 Å². The molecule has 37 heavy (non-hydrogen) atoms. The van der Waals surface area contributed by atoms with Gasteiger partial charge < -0.3 is 20.6 Å². The lowest BCUT2D eigenvalue weighted by molar-refractivity contribution is -0.142. The van der Waals surface area contributed by atoms with Crippen LogP contribution < -0.4 is 16.0 Å². The number of hydrogen-bond acceptors (Lipinski definition) is 7. The molecule has 2 amide bonds. The van der Waals surface area contributed by atoms with Crippen molar-refractivity contribution in [2.24, 2.45) is 4.99 Å². The molecule has 0 aromatic carbocycles. The zero-order valence-corrected chi connectivity index (χ0v) is 22.8. The Morgan fingerprint density at radius 3 is 2.51 bits per heavy atom. The van der Waals surface area contributed by atoms with Crippen molar-refractivity contribution in [3.63, 3.8) is 0 Å². The molecule has 3 atom stereocenters. The average molecular weight is 523 g/mol. The van der Waals surface area contributed by atoms with Crippen molar-refractivity contribution in [1.82, 2.24) is 20.4 Å². The zero-order chi connectivity index (χ0) is 28.1. The van der Waals surface area contributed by atoms with Gasteiger partial charge >= 0.3 is 5.97 Å². The summed E-state index contributed by atoms with van der Waals surface area (Å²) in [5.41, 5.74) is 0.388. The molecule has 1 rings (SSSR count). The number of amides is 2. The van der Waals surface area contributed by atoms with E-state index in [0.717, 1.165) is 19.3 Å². The molecule has 12 nitrogen and oxygen atoms in total. The number of ketones is 1. The molecule has 208 valence electrons. The minimum atomic E-state index is -1.20. The minimum absolute atomic E-state index is 0.0174. The second-order valence-electron chi connectivity index (χ2n) is 9.53. The summed E-state index contributed by atoms with van der Waals surface area (Å²) in [4.78, 5) is 58.3. The number of unbranched alkanes of at least 4 members (excludes halogenated alkanes) is 2. The fraction of sp³-hybridized carbons (Fsp3) is 0.720. The van der Waals surface area contributed by atoms with E-state index in [9.17, 15) is 24.3 Å². The number of nitrogens with one attached hydrogen (secondary N) is 3. The number of nitrogens with zero attached hydrogens (tertiary/aromatic N) is 3. The van der Waals surface area contributed by atoms with Crippen LogP contribution in [0.1, 0.15) is 66.2 Å². The van der Waals surface area contributed by atoms with Gasteiger partial charge in [0.05, 0.1) is 25.6 Å². The normalized spacial score (nSPS) is 18.3. The van der Waals surface area contributed by atoms with Crippen molar-refractivity contribution in [3.8, 4) is 0 Å². The maximum atomic E-state index is 13.3. The van der Waals surface area contributed by atoms with Gasteiger partial charge in [-0.2, -0.15) is 0 Å². The maximum Gasteiger partial charge on any atom is 0.305 e. The molecular formula is C25H44N7O5+. The Bertz CT molecular complexity index is 889. The van der Waals surface area contributed by atoms with Crippen molar-refractivity contribution in [3.05, 3.63) is 0 Å². The average Bonchev–Trinajstić information content (AvgIpc) is 2.83. The van der Waals surface area contributed by atoms with Crippen LogP contribution in [0.25, 0.3) is 0 Å². The largest absolute Gasteiger partial charge is 0.481 e. The van der Waals surface area contributed by atoms with E-state index < -0.39 is 42.1 Å². The summed E-state index contributed by atoms with van der Waals surface area (Å²) in [5.74, 6) is -2.63. The van der Waals surface area contributed by atoms with Crippen molar-refractivity contribution in [2.75, 3.05) is 33.2 Å². The highest BCUT2D eigenvalue weighted by atomic mass is 16.4. The molecule has 0 bridgehead atoms. The van der Waals surface area contributed by atoms with E-state index in [4.69, 9.17) is 10.8 Å². The van der Waals surface area contributed by atoms with E-state index in [1.807, 2.05) is 11.8 Å². The number of carbonyl (C=O) groups excluding carboxylic acids is 3. The Morgan fingerprint density at radius 1 is 1.30 bits per heavy atom. The number of likely N-dealkylation sites (N-methyl/N-ethyl adjacent to an activating group) is 1. The molecule has 6 N–H and O–H groups in total. The van der Waals surface area contributed by atoms with Gasteiger partial charge in [-0.1, -0.05) is 33.6 Å². The topological polar surface area (TPSA) is 181 Å². The van der Waals surface area contributed by atoms with E-state index in [0.29, 0.717) is 18.7 Å². The lowest BCUT2D eigenvalue weighted by Gasteiger charge is -2.38. The van der Waals surface area contributed by atoms with Gasteiger partial charge in [-0.05, 0) is 32.9 Å². The Kier molecular flexibility index (Phi) is 13.7. The third-order valence-corrected chi connectivity index (χ3v) is 6.30. The summed E-state index contributed by atoms with van der Waals surface area (Å²) >= 11 is 0. The molecule has 1 fully saturated rings. The van der Waals surface area contributed by atoms with Crippen LogP contribution in [-0.2, 0) is 19.2 Å². The Hall–Kier alpha value is -3.15. The number of carboxylic acids is 1. The van der Waals surface area contributed by atoms with E-state index in [1.54, 1.807) is 20.9 Å². The van der Waals surface area contributed by atoms with Crippen LogP contribution in [-0.4, -0.2) is 107 Å². The second-order valence-corrected chi connectivity index (χ2v) is 9.53. The summed E-state index contributed by atoms with van der Waals surface area (Å²) in [6.07, 6.45) is 3.37. The predicted octanol–water partition coefficient (Wildman–Crippen LogP) is -0.736. The lowest BCUT2D eigenvalue weighted by Crippen LogP contribution is -2.63. The number of Topliss-reactive ketones (excluding diaryl/α,β-unsaturated/α-hetero) is 1. The standard InChI is InChI=1S/C25H43N7O5/c1-6-9-10-11-31(5)15-21(33)19(12-22(34)35)30-24(36)20(8-3)32-14-17(7-2)29-23(25(32)37)28-13-18(27)16(4)26/h17,19-20,26-27H,6-15H2,1-5H3,(H,28,29)(H,30,36)(H,34,35)/p+1. The number of nitrogens with two attached hydrogens (primary N) is 1. The molecule has 0 aromatic rings. The highest BCUT2D eigenvalue weighted by Crippen LogP contribution is 2.14. The SMILES string of the molecule is CCCCCN(C)CC(=O)C(CC(=O)O)NC(=O)C(CC)N1CC(CC)NC(=NCC(=N)C(C)=[NH2+])C1=O. The van der Waals surface area contributed by atoms with E-state index in [2.05, 4.69) is 22.5 Å². The van der Waals surface area contributed by atoms with Gasteiger partial charge in [0.15, 0.2) is 17.3 Å². The summed E-state index contributed by atoms with van der Waals surface area (Å²) in [5, 5.41) is 28.5. The molecule has 0 radical (unpaired) electrons. The van der Waals surface area contributed by atoms with Gasteiger partial charge in [0, 0.05) is 19.5 Å². The van der Waals surface area contributed by atoms with Crippen LogP contribution in [0.3, 0.4) is 0 Å². The van der Waals surface area contributed by atoms with Gasteiger partial charge in [0.1, 0.15) is 11.8 Å². The quantitative estimate of drug-likeness (QED) is 0.123. The number of rotatable bonds is 17. The number of aliphatic carboxylic acids is 1. The van der Waals surface area contributed by atoms with Gasteiger partial charge in [-0.15, -0.1) is 0 Å². The van der Waals surface area contributed by atoms with Crippen molar-refractivity contribution in [2.45, 2.75) is 84.3 Å². The first-order valence-electron chi connectivity index (χ1n) is 13.0. The summed E-state index contributed by atoms with van der Waals surface area (Å²) < 4.78 is 0. The van der Waals surface area contributed by atoms with Gasteiger partial charge in [0.25, 0.3) is 5.91 Å². The van der Waals surface area contributed by atoms with E-state index >= 15 is 0 Å². The molecule has 12 heteroatoms. The molecule has 0 spiro atoms. The van der Waals surface area contributed by atoms with Gasteiger partial charge in [0.2, 0.25) is 5.91 Å². The summed E-state index contributed by atoms with van der Waals surface area (Å²) in [6.45, 7) is 8.22. The lowest BCUT2D eigenvalue weighted by atomic mass is 10.0. The maximum absolute atomic E-state index is 13.3. The van der Waals surface area contributed by atoms with Crippen molar-refractivity contribution >= 4 is 40.8 Å². The first kappa shape index (κ1) is 31.9. The molecule has 1 aliphatic heterocycles. The molecule has 1 saturated heterocycles. The van der Waals surface area contributed by atoms with Crippen LogP contribution >= 0.6 is 0 Å². The Morgan fingerprint density at radius 2 is 1.97 bits per heavy atom. The number of piperazine rings is 1. The summed E-state index contributed by atoms with van der Waals surface area (Å²) in [6, 6.07) is -2.28. The third kappa shape index (κ3) is 10.4. The highest BCUT2D eigenvalue weighted by Gasteiger charge is 2.38. The smallest absolute Gasteiger partial charge is 0.305 e. The number of carboxylic acid groups (broad SMARTS) is 1. The zero-order valence-electron chi connectivity index (χ0n) is 22.8. The monoisotopic (exact) mass is 522 g/mol. The summed E-state index contributed by atoms with van der Waals surface area (Å²) in [7, 11) is 1.79. The van der Waals surface area contributed by atoms with Crippen LogP contribution in [0, 0.1) is 5.41 Å². The molecular weight excluding hydrogens is 478 g/mol. The minimum Gasteiger partial charge on any atom is -0.481 e. The highest BCUT2D eigenvalue weighted by molar-refractivity contribution is 6.41. The second kappa shape index (κ2) is 15.9. The number of amidine groups is 1. The van der Waals surface area contributed by atoms with E-state index in [1.165, 1.54) is 4.90 Å². The van der Waals surface area contributed by atoms with Gasteiger partial charge in [-0.25, -0.2) is 0 Å². The number of carbonyl (C=O) groups is 4. The number of hydrogen-bond donors (Lipinski definition) is 5. The van der Waals surface area contributed by atoms with Crippen LogP contribution in [0.4, 0.5) is 0 Å².